The van der Waals surface area contributed by atoms with Crippen LogP contribution in [0.15, 0.2) is 35.2 Å². The maximum absolute atomic E-state index is 9.21. The molecule has 0 aliphatic carbocycles. The summed E-state index contributed by atoms with van der Waals surface area (Å²) in [6, 6.07) is 7.53. The summed E-state index contributed by atoms with van der Waals surface area (Å²) in [7, 11) is 1.93. The van der Waals surface area contributed by atoms with E-state index in [0.29, 0.717) is 5.75 Å². The molecule has 0 spiro atoms. The zero-order valence-corrected chi connectivity index (χ0v) is 9.87. The molecule has 1 heterocycles. The summed E-state index contributed by atoms with van der Waals surface area (Å²) >= 11 is 1.61. The van der Waals surface area contributed by atoms with E-state index in [9.17, 15) is 5.11 Å². The van der Waals surface area contributed by atoms with Crippen molar-refractivity contribution in [3.05, 3.63) is 46.4 Å². The van der Waals surface area contributed by atoms with Crippen molar-refractivity contribution in [1.82, 2.24) is 10.3 Å². The molecule has 0 aliphatic rings. The predicted molar refractivity (Wildman–Crippen MR) is 65.7 cm³/mol. The zero-order chi connectivity index (χ0) is 11.4. The number of rotatable bonds is 4. The lowest BCUT2D eigenvalue weighted by molar-refractivity contribution is 0.474. The predicted octanol–water partition coefficient (Wildman–Crippen LogP) is 2.35. The molecule has 3 nitrogen and oxygen atoms in total. The van der Waals surface area contributed by atoms with Crippen molar-refractivity contribution in [2.45, 2.75) is 12.5 Å². The Morgan fingerprint density at radius 3 is 2.69 bits per heavy atom. The molecule has 0 amide bonds. The number of aromatic hydroxyl groups is 1. The Hall–Kier alpha value is -1.39. The van der Waals surface area contributed by atoms with Crippen LogP contribution in [0.25, 0.3) is 0 Å². The fraction of sp³-hybridized carbons (Fsp3) is 0.250. The molecule has 1 aromatic heterocycles. The Morgan fingerprint density at radius 2 is 2.12 bits per heavy atom. The average Bonchev–Trinajstić information content (AvgIpc) is 2.82. The topological polar surface area (TPSA) is 45.1 Å². The van der Waals surface area contributed by atoms with Crippen molar-refractivity contribution >= 4 is 11.3 Å². The maximum atomic E-state index is 9.21. The first-order chi connectivity index (χ1) is 7.79. The summed E-state index contributed by atoms with van der Waals surface area (Å²) in [6.45, 7) is 0. The van der Waals surface area contributed by atoms with Crippen molar-refractivity contribution in [3.63, 3.8) is 0 Å². The molecule has 2 rings (SSSR count). The number of thiazole rings is 1. The summed E-state index contributed by atoms with van der Waals surface area (Å²) in [6.07, 6.45) is 0.876. The minimum Gasteiger partial charge on any atom is -0.508 e. The van der Waals surface area contributed by atoms with Gasteiger partial charge in [0.2, 0.25) is 0 Å². The molecular weight excluding hydrogens is 220 g/mol. The molecule has 16 heavy (non-hydrogen) atoms. The molecule has 0 saturated heterocycles. The van der Waals surface area contributed by atoms with Gasteiger partial charge in [-0.15, -0.1) is 11.3 Å². The van der Waals surface area contributed by atoms with Crippen LogP contribution in [0.2, 0.25) is 0 Å². The van der Waals surface area contributed by atoms with Gasteiger partial charge in [-0.05, 0) is 31.2 Å². The summed E-state index contributed by atoms with van der Waals surface area (Å²) in [4.78, 5) is 4.31. The first-order valence-electron chi connectivity index (χ1n) is 5.13. The van der Waals surface area contributed by atoms with Crippen molar-refractivity contribution in [1.29, 1.82) is 0 Å². The zero-order valence-electron chi connectivity index (χ0n) is 9.05. The van der Waals surface area contributed by atoms with E-state index in [1.165, 1.54) is 5.56 Å². The Morgan fingerprint density at radius 1 is 1.38 bits per heavy atom. The van der Waals surface area contributed by atoms with E-state index in [1.807, 2.05) is 24.7 Å². The first kappa shape index (κ1) is 11.1. The first-order valence-corrected chi connectivity index (χ1v) is 6.07. The normalized spacial score (nSPS) is 12.6. The molecule has 84 valence electrons. The van der Waals surface area contributed by atoms with E-state index in [-0.39, 0.29) is 6.04 Å². The lowest BCUT2D eigenvalue weighted by atomic mass is 10.0. The number of benzene rings is 1. The Labute approximate surface area is 98.8 Å². The van der Waals surface area contributed by atoms with Gasteiger partial charge in [-0.25, -0.2) is 4.98 Å². The van der Waals surface area contributed by atoms with Crippen LogP contribution in [0.3, 0.4) is 0 Å². The van der Waals surface area contributed by atoms with Gasteiger partial charge in [0.15, 0.2) is 0 Å². The van der Waals surface area contributed by atoms with Crippen LogP contribution < -0.4 is 5.32 Å². The van der Waals surface area contributed by atoms with Gasteiger partial charge in [0, 0.05) is 5.38 Å². The molecule has 1 aromatic carbocycles. The summed E-state index contributed by atoms with van der Waals surface area (Å²) < 4.78 is 0. The van der Waals surface area contributed by atoms with Gasteiger partial charge in [-0.2, -0.15) is 0 Å². The number of aromatic nitrogens is 1. The van der Waals surface area contributed by atoms with Gasteiger partial charge in [-0.3, -0.25) is 0 Å². The molecule has 0 bridgehead atoms. The average molecular weight is 234 g/mol. The lowest BCUT2D eigenvalue weighted by Crippen LogP contribution is -2.19. The smallest absolute Gasteiger partial charge is 0.115 e. The van der Waals surface area contributed by atoms with Crippen molar-refractivity contribution < 1.29 is 5.11 Å². The number of likely N-dealkylation sites (N-methyl/N-ethyl adjacent to an activating group) is 1. The van der Waals surface area contributed by atoms with E-state index in [4.69, 9.17) is 0 Å². The highest BCUT2D eigenvalue weighted by Gasteiger charge is 2.11. The monoisotopic (exact) mass is 234 g/mol. The third kappa shape index (κ3) is 2.59. The van der Waals surface area contributed by atoms with Crippen molar-refractivity contribution in [2.24, 2.45) is 0 Å². The fourth-order valence-corrected chi connectivity index (χ4v) is 2.22. The van der Waals surface area contributed by atoms with E-state index in [1.54, 1.807) is 23.5 Å². The number of hydrogen-bond acceptors (Lipinski definition) is 4. The molecule has 2 N–H and O–H groups in total. The van der Waals surface area contributed by atoms with Crippen LogP contribution >= 0.6 is 11.3 Å². The molecule has 0 radical (unpaired) electrons. The van der Waals surface area contributed by atoms with E-state index < -0.39 is 0 Å². The van der Waals surface area contributed by atoms with Gasteiger partial charge in [0.05, 0.1) is 17.2 Å². The molecule has 1 atom stereocenters. The van der Waals surface area contributed by atoms with Crippen LogP contribution in [0.5, 0.6) is 5.75 Å². The second-order valence-electron chi connectivity index (χ2n) is 3.63. The highest BCUT2D eigenvalue weighted by atomic mass is 32.1. The third-order valence-corrected chi connectivity index (χ3v) is 3.14. The van der Waals surface area contributed by atoms with Crippen LogP contribution in [-0.2, 0) is 6.42 Å². The van der Waals surface area contributed by atoms with E-state index >= 15 is 0 Å². The molecule has 0 fully saturated rings. The molecular formula is C12H14N2OS. The van der Waals surface area contributed by atoms with E-state index in [0.717, 1.165) is 12.1 Å². The highest BCUT2D eigenvalue weighted by Crippen LogP contribution is 2.19. The second-order valence-corrected chi connectivity index (χ2v) is 4.34. The minimum absolute atomic E-state index is 0.232. The van der Waals surface area contributed by atoms with Crippen LogP contribution in [0, 0.1) is 0 Å². The molecule has 2 aromatic rings. The number of nitrogens with one attached hydrogen (secondary N) is 1. The van der Waals surface area contributed by atoms with Crippen molar-refractivity contribution in [3.8, 4) is 5.75 Å². The lowest BCUT2D eigenvalue weighted by Gasteiger charge is -2.13. The molecule has 4 heteroatoms. The maximum Gasteiger partial charge on any atom is 0.115 e. The quantitative estimate of drug-likeness (QED) is 0.853. The minimum atomic E-state index is 0.232. The van der Waals surface area contributed by atoms with Gasteiger partial charge in [0.1, 0.15) is 5.75 Å². The van der Waals surface area contributed by atoms with Crippen molar-refractivity contribution in [2.75, 3.05) is 7.05 Å². The molecule has 0 saturated carbocycles. The Balaban J connectivity index is 2.10. The molecule has 1 unspecified atom stereocenters. The van der Waals surface area contributed by atoms with Gasteiger partial charge in [0.25, 0.3) is 0 Å². The standard InChI is InChI=1S/C12H14N2OS/c1-13-11(12-7-16-8-14-12)6-9-2-4-10(15)5-3-9/h2-5,7-8,11,13,15H,6H2,1H3. The highest BCUT2D eigenvalue weighted by molar-refractivity contribution is 7.07. The van der Waals surface area contributed by atoms with Gasteiger partial charge < -0.3 is 10.4 Å². The number of phenolic OH excluding ortho intramolecular Hbond substituents is 1. The van der Waals surface area contributed by atoms with Crippen LogP contribution in [-0.4, -0.2) is 17.1 Å². The van der Waals surface area contributed by atoms with Crippen LogP contribution in [0.4, 0.5) is 0 Å². The SMILES string of the molecule is CNC(Cc1ccc(O)cc1)c1cscn1. The largest absolute Gasteiger partial charge is 0.508 e. The van der Waals surface area contributed by atoms with Crippen LogP contribution in [0.1, 0.15) is 17.3 Å². The summed E-state index contributed by atoms with van der Waals surface area (Å²) in [5.41, 5.74) is 4.10. The van der Waals surface area contributed by atoms with E-state index in [2.05, 4.69) is 15.7 Å². The summed E-state index contributed by atoms with van der Waals surface area (Å²) in [5.74, 6) is 0.304. The molecule has 0 aliphatic heterocycles. The Bertz CT molecular complexity index is 425. The number of nitrogens with zero attached hydrogens (tertiary/aromatic N) is 1. The van der Waals surface area contributed by atoms with Gasteiger partial charge in [-0.1, -0.05) is 12.1 Å². The number of hydrogen-bond donors (Lipinski definition) is 2. The fourth-order valence-electron chi connectivity index (χ4n) is 1.62. The summed E-state index contributed by atoms with van der Waals surface area (Å²) in [5, 5.41) is 14.5. The third-order valence-electron chi connectivity index (χ3n) is 2.53. The Kier molecular flexibility index (Phi) is 3.54. The van der Waals surface area contributed by atoms with Gasteiger partial charge >= 0.3 is 0 Å². The second kappa shape index (κ2) is 5.09. The number of phenols is 1.